The van der Waals surface area contributed by atoms with Crippen LogP contribution in [0.1, 0.15) is 18.9 Å². The Labute approximate surface area is 145 Å². The van der Waals surface area contributed by atoms with Crippen LogP contribution in [-0.4, -0.2) is 24.3 Å². The van der Waals surface area contributed by atoms with Crippen LogP contribution < -0.4 is 15.5 Å². The molecule has 0 spiro atoms. The molecule has 0 radical (unpaired) electrons. The number of amides is 3. The summed E-state index contributed by atoms with van der Waals surface area (Å²) < 4.78 is 0. The Kier molecular flexibility index (Phi) is 4.79. The van der Waals surface area contributed by atoms with E-state index in [-0.39, 0.29) is 24.1 Å². The summed E-state index contributed by atoms with van der Waals surface area (Å²) in [5.74, 6) is -0.791. The lowest BCUT2D eigenvalue weighted by atomic mass is 10.2. The summed E-state index contributed by atoms with van der Waals surface area (Å²) in [4.78, 5) is 37.4. The topological polar surface area (TPSA) is 78.5 Å². The highest BCUT2D eigenvalue weighted by molar-refractivity contribution is 6.09. The molecule has 3 amide bonds. The van der Waals surface area contributed by atoms with Gasteiger partial charge in [0.05, 0.1) is 0 Å². The molecule has 2 N–H and O–H groups in total. The van der Waals surface area contributed by atoms with E-state index in [4.69, 9.17) is 0 Å². The maximum absolute atomic E-state index is 12.4. The third-order valence-electron chi connectivity index (χ3n) is 3.97. The Hall–Kier alpha value is -3.15. The first-order valence-electron chi connectivity index (χ1n) is 8.09. The van der Waals surface area contributed by atoms with Gasteiger partial charge < -0.3 is 15.5 Å². The van der Waals surface area contributed by atoms with E-state index in [1.165, 1.54) is 6.92 Å². The Morgan fingerprint density at radius 2 is 1.72 bits per heavy atom. The number of anilines is 3. The van der Waals surface area contributed by atoms with Crippen LogP contribution in [0, 0.1) is 0 Å². The number of hydrogen-bond donors (Lipinski definition) is 2. The van der Waals surface area contributed by atoms with Crippen molar-refractivity contribution < 1.29 is 14.4 Å². The van der Waals surface area contributed by atoms with E-state index >= 15 is 0 Å². The molecule has 0 bridgehead atoms. The number of carbonyl (C=O) groups excluding carboxylic acids is 3. The molecule has 0 atom stereocenters. The first-order valence-corrected chi connectivity index (χ1v) is 8.09. The monoisotopic (exact) mass is 337 g/mol. The zero-order valence-corrected chi connectivity index (χ0v) is 13.9. The average molecular weight is 337 g/mol. The summed E-state index contributed by atoms with van der Waals surface area (Å²) >= 11 is 0. The van der Waals surface area contributed by atoms with Crippen molar-refractivity contribution in [2.24, 2.45) is 0 Å². The summed E-state index contributed by atoms with van der Waals surface area (Å²) in [5, 5.41) is 5.35. The predicted octanol–water partition coefficient (Wildman–Crippen LogP) is 2.56. The van der Waals surface area contributed by atoms with Crippen molar-refractivity contribution in [2.75, 3.05) is 22.1 Å². The maximum atomic E-state index is 12.4. The lowest BCUT2D eigenvalue weighted by Crippen LogP contribution is -2.32. The highest BCUT2D eigenvalue weighted by Gasteiger charge is 2.25. The van der Waals surface area contributed by atoms with Gasteiger partial charge >= 0.3 is 0 Å². The van der Waals surface area contributed by atoms with Crippen molar-refractivity contribution in [3.8, 4) is 0 Å². The van der Waals surface area contributed by atoms with Gasteiger partial charge in [-0.05, 0) is 36.2 Å². The van der Waals surface area contributed by atoms with Crippen LogP contribution in [0.25, 0.3) is 0 Å². The van der Waals surface area contributed by atoms with Gasteiger partial charge in [-0.1, -0.05) is 24.3 Å². The smallest absolute Gasteiger partial charge is 0.236 e. The van der Waals surface area contributed by atoms with E-state index < -0.39 is 0 Å². The number of para-hydroxylation sites is 1. The van der Waals surface area contributed by atoms with Crippen molar-refractivity contribution >= 4 is 34.8 Å². The molecule has 0 fully saturated rings. The third-order valence-corrected chi connectivity index (χ3v) is 3.97. The molecule has 128 valence electrons. The van der Waals surface area contributed by atoms with Gasteiger partial charge in [0.2, 0.25) is 17.7 Å². The standard InChI is InChI=1S/C19H19N3O3/c1-13(23)20-15-6-4-7-16(11-15)21-18(24)12-19(25)22-10-9-14-5-2-3-8-17(14)22/h2-8,11H,9-10,12H2,1H3,(H,20,23)(H,21,24). The van der Waals surface area contributed by atoms with Crippen LogP contribution >= 0.6 is 0 Å². The molecular formula is C19H19N3O3. The Morgan fingerprint density at radius 3 is 2.48 bits per heavy atom. The van der Waals surface area contributed by atoms with Crippen LogP contribution in [0.4, 0.5) is 17.1 Å². The minimum Gasteiger partial charge on any atom is -0.326 e. The van der Waals surface area contributed by atoms with Crippen LogP contribution in [-0.2, 0) is 20.8 Å². The number of benzene rings is 2. The van der Waals surface area contributed by atoms with Crippen molar-refractivity contribution in [2.45, 2.75) is 19.8 Å². The molecule has 0 saturated carbocycles. The summed E-state index contributed by atoms with van der Waals surface area (Å²) in [5.41, 5.74) is 3.13. The van der Waals surface area contributed by atoms with Gasteiger partial charge in [-0.2, -0.15) is 0 Å². The molecular weight excluding hydrogens is 318 g/mol. The molecule has 0 aliphatic carbocycles. The summed E-state index contributed by atoms with van der Waals surface area (Å²) in [6.07, 6.45) is 0.584. The van der Waals surface area contributed by atoms with Crippen molar-refractivity contribution in [3.63, 3.8) is 0 Å². The SMILES string of the molecule is CC(=O)Nc1cccc(NC(=O)CC(=O)N2CCc3ccccc32)c1. The Balaban J connectivity index is 1.61. The maximum Gasteiger partial charge on any atom is 0.236 e. The fourth-order valence-electron chi connectivity index (χ4n) is 2.91. The molecule has 1 aliphatic rings. The van der Waals surface area contributed by atoms with E-state index in [2.05, 4.69) is 10.6 Å². The second kappa shape index (κ2) is 7.17. The van der Waals surface area contributed by atoms with Crippen molar-refractivity contribution in [1.29, 1.82) is 0 Å². The second-order valence-corrected chi connectivity index (χ2v) is 5.91. The minimum atomic E-state index is -0.380. The van der Waals surface area contributed by atoms with Crippen LogP contribution in [0.15, 0.2) is 48.5 Å². The van der Waals surface area contributed by atoms with E-state index in [0.29, 0.717) is 17.9 Å². The van der Waals surface area contributed by atoms with Gasteiger partial charge in [0.15, 0.2) is 0 Å². The Bertz CT molecular complexity index is 832. The molecule has 2 aromatic rings. The average Bonchev–Trinajstić information content (AvgIpc) is 2.98. The number of rotatable bonds is 4. The second-order valence-electron chi connectivity index (χ2n) is 5.91. The van der Waals surface area contributed by atoms with Crippen LogP contribution in [0.3, 0.4) is 0 Å². The molecule has 6 nitrogen and oxygen atoms in total. The van der Waals surface area contributed by atoms with Crippen molar-refractivity contribution in [1.82, 2.24) is 0 Å². The summed E-state index contributed by atoms with van der Waals surface area (Å²) in [6, 6.07) is 14.5. The number of carbonyl (C=O) groups is 3. The van der Waals surface area contributed by atoms with Gasteiger partial charge in [-0.15, -0.1) is 0 Å². The third kappa shape index (κ3) is 4.03. The Morgan fingerprint density at radius 1 is 1.00 bits per heavy atom. The first-order chi connectivity index (χ1) is 12.0. The zero-order valence-electron chi connectivity index (χ0n) is 13.9. The highest BCUT2D eigenvalue weighted by atomic mass is 16.2. The summed E-state index contributed by atoms with van der Waals surface area (Å²) in [7, 11) is 0. The molecule has 2 aromatic carbocycles. The molecule has 3 rings (SSSR count). The molecule has 0 saturated heterocycles. The van der Waals surface area contributed by atoms with Gasteiger partial charge in [0, 0.05) is 30.5 Å². The van der Waals surface area contributed by atoms with E-state index in [9.17, 15) is 14.4 Å². The number of hydrogen-bond acceptors (Lipinski definition) is 3. The van der Waals surface area contributed by atoms with E-state index in [1.54, 1.807) is 29.2 Å². The molecule has 6 heteroatoms. The zero-order chi connectivity index (χ0) is 17.8. The quantitative estimate of drug-likeness (QED) is 0.842. The highest BCUT2D eigenvalue weighted by Crippen LogP contribution is 2.28. The lowest BCUT2D eigenvalue weighted by molar-refractivity contribution is -0.125. The predicted molar refractivity (Wildman–Crippen MR) is 96.5 cm³/mol. The molecule has 1 heterocycles. The lowest BCUT2D eigenvalue weighted by Gasteiger charge is -2.17. The number of fused-ring (bicyclic) bond motifs is 1. The number of nitrogens with one attached hydrogen (secondary N) is 2. The normalized spacial score (nSPS) is 12.4. The van der Waals surface area contributed by atoms with Crippen LogP contribution in [0.5, 0.6) is 0 Å². The van der Waals surface area contributed by atoms with Gasteiger partial charge in [-0.25, -0.2) is 0 Å². The van der Waals surface area contributed by atoms with Crippen molar-refractivity contribution in [3.05, 3.63) is 54.1 Å². The molecule has 0 unspecified atom stereocenters. The minimum absolute atomic E-state index is 0.189. The fraction of sp³-hybridized carbons (Fsp3) is 0.211. The van der Waals surface area contributed by atoms with E-state index in [0.717, 1.165) is 17.7 Å². The fourth-order valence-corrected chi connectivity index (χ4v) is 2.91. The van der Waals surface area contributed by atoms with Gasteiger partial charge in [0.1, 0.15) is 6.42 Å². The number of nitrogens with zero attached hydrogens (tertiary/aromatic N) is 1. The molecule has 25 heavy (non-hydrogen) atoms. The van der Waals surface area contributed by atoms with E-state index in [1.807, 2.05) is 24.3 Å². The molecule has 0 aromatic heterocycles. The largest absolute Gasteiger partial charge is 0.326 e. The van der Waals surface area contributed by atoms with Crippen LogP contribution in [0.2, 0.25) is 0 Å². The van der Waals surface area contributed by atoms with Gasteiger partial charge in [-0.3, -0.25) is 14.4 Å². The first kappa shape index (κ1) is 16.7. The van der Waals surface area contributed by atoms with Gasteiger partial charge in [0.25, 0.3) is 0 Å². The summed E-state index contributed by atoms with van der Waals surface area (Å²) in [6.45, 7) is 2.02. The molecule has 1 aliphatic heterocycles.